The number of carbonyl (C=O) groups is 4. The van der Waals surface area contributed by atoms with E-state index in [1.165, 1.54) is 0 Å². The van der Waals surface area contributed by atoms with Crippen molar-refractivity contribution in [2.24, 2.45) is 0 Å². The van der Waals surface area contributed by atoms with Gasteiger partial charge in [0.15, 0.2) is 0 Å². The van der Waals surface area contributed by atoms with Gasteiger partial charge in [-0.15, -0.1) is 0 Å². The summed E-state index contributed by atoms with van der Waals surface area (Å²) in [7, 11) is 0. The summed E-state index contributed by atoms with van der Waals surface area (Å²) in [5, 5.41) is 5.32. The average molecular weight is 1160 g/mol. The van der Waals surface area contributed by atoms with Crippen molar-refractivity contribution in [2.75, 3.05) is 0 Å². The number of fused-ring (bicyclic) bond motifs is 2. The third-order valence-corrected chi connectivity index (χ3v) is 17.9. The van der Waals surface area contributed by atoms with E-state index in [1.807, 2.05) is 146 Å². The number of benzene rings is 9. The van der Waals surface area contributed by atoms with E-state index in [9.17, 15) is 0 Å². The Bertz CT molecular complexity index is 3780. The first-order valence-electron chi connectivity index (χ1n) is 32.6. The zero-order valence-corrected chi connectivity index (χ0v) is 51.7. The van der Waals surface area contributed by atoms with Crippen LogP contribution in [-0.2, 0) is 0 Å². The second kappa shape index (κ2) is 28.5. The molecule has 2 aliphatic heterocycles. The van der Waals surface area contributed by atoms with Crippen LogP contribution in [0.4, 0.5) is 0 Å². The molecular formula is C82H78N2O4. The number of hydrogen-bond donors (Lipinski definition) is 0. The van der Waals surface area contributed by atoms with Gasteiger partial charge in [0.1, 0.15) is 0 Å². The molecule has 6 nitrogen and oxygen atoms in total. The van der Waals surface area contributed by atoms with E-state index >= 15 is 19.2 Å². The molecule has 9 aromatic carbocycles. The van der Waals surface area contributed by atoms with Gasteiger partial charge in [0, 0.05) is 67.4 Å². The van der Waals surface area contributed by atoms with Crippen LogP contribution in [0, 0.1) is 47.4 Å². The minimum atomic E-state index is -0.355. The fraction of sp³-hybridized carbons (Fsp3) is 0.317. The van der Waals surface area contributed by atoms with Gasteiger partial charge in [0.2, 0.25) is 0 Å². The quantitative estimate of drug-likeness (QED) is 0.0223. The summed E-state index contributed by atoms with van der Waals surface area (Å²) in [6.45, 7) is 8.79. The highest BCUT2D eigenvalue weighted by Gasteiger charge is 2.44. The topological polar surface area (TPSA) is 74.8 Å². The molecule has 2 heterocycles. The van der Waals surface area contributed by atoms with Crippen molar-refractivity contribution in [3.05, 3.63) is 212 Å². The predicted molar refractivity (Wildman–Crippen MR) is 361 cm³/mol. The van der Waals surface area contributed by atoms with Crippen molar-refractivity contribution in [3.8, 4) is 47.4 Å². The van der Waals surface area contributed by atoms with Crippen molar-refractivity contribution in [3.63, 3.8) is 0 Å². The molecule has 0 bridgehead atoms. The summed E-state index contributed by atoms with van der Waals surface area (Å²) in [4.78, 5) is 68.1. The van der Waals surface area contributed by atoms with Crippen LogP contribution >= 0.6 is 0 Å². The Balaban J connectivity index is 1.29. The van der Waals surface area contributed by atoms with Crippen LogP contribution in [0.2, 0.25) is 0 Å². The molecule has 11 rings (SSSR count). The van der Waals surface area contributed by atoms with Crippen LogP contribution in [-0.4, -0.2) is 45.5 Å². The van der Waals surface area contributed by atoms with Crippen LogP contribution in [0.5, 0.6) is 0 Å². The Hall–Kier alpha value is -9.20. The SMILES string of the molecule is CCCCCCC(CCCCCC)N1C(=O)c2c(C#Cc3ccccc3)cc3c4cc(C#Cc5ccccc5)c5c6c(c(C#Cc7ccccc7)cc(c7cc(C#Cc8ccccc8)c(c2c37)C1=O)c64)C(=O)N(C(CCCCCC)CCCCCC)C5=O. The average Bonchev–Trinajstić information content (AvgIpc) is 0.712. The fourth-order valence-corrected chi connectivity index (χ4v) is 13.4. The summed E-state index contributed by atoms with van der Waals surface area (Å²) >= 11 is 0. The molecule has 2 aliphatic rings. The van der Waals surface area contributed by atoms with Crippen molar-refractivity contribution in [1.82, 2.24) is 9.80 Å². The molecule has 0 saturated carbocycles. The van der Waals surface area contributed by atoms with Gasteiger partial charge in [-0.2, -0.15) is 0 Å². The summed E-state index contributed by atoms with van der Waals surface area (Å²) in [6, 6.07) is 46.5. The van der Waals surface area contributed by atoms with Gasteiger partial charge in [-0.05, 0) is 131 Å². The monoisotopic (exact) mass is 1150 g/mol. The van der Waals surface area contributed by atoms with E-state index in [4.69, 9.17) is 0 Å². The maximum absolute atomic E-state index is 16.2. The minimum absolute atomic E-state index is 0.343. The largest absolute Gasteiger partial charge is 0.271 e. The lowest BCUT2D eigenvalue weighted by atomic mass is 9.77. The van der Waals surface area contributed by atoms with Crippen molar-refractivity contribution in [2.45, 2.75) is 168 Å². The van der Waals surface area contributed by atoms with Gasteiger partial charge in [-0.3, -0.25) is 29.0 Å². The third-order valence-electron chi connectivity index (χ3n) is 17.9. The van der Waals surface area contributed by atoms with Crippen molar-refractivity contribution >= 4 is 66.7 Å². The van der Waals surface area contributed by atoms with Gasteiger partial charge < -0.3 is 0 Å². The molecule has 0 atom stereocenters. The second-order valence-corrected chi connectivity index (χ2v) is 24.0. The number of imide groups is 2. The lowest BCUT2D eigenvalue weighted by molar-refractivity contribution is 0.0501. The van der Waals surface area contributed by atoms with E-state index in [0.29, 0.717) is 91.7 Å². The Morgan fingerprint density at radius 3 is 0.727 bits per heavy atom. The Morgan fingerprint density at radius 1 is 0.284 bits per heavy atom. The van der Waals surface area contributed by atoms with E-state index in [1.54, 1.807) is 9.80 Å². The van der Waals surface area contributed by atoms with E-state index in [2.05, 4.69) is 75.1 Å². The van der Waals surface area contributed by atoms with Crippen LogP contribution < -0.4 is 0 Å². The molecule has 0 spiro atoms. The highest BCUT2D eigenvalue weighted by atomic mass is 16.2. The van der Waals surface area contributed by atoms with E-state index in [-0.39, 0.29) is 35.7 Å². The molecule has 6 heteroatoms. The highest BCUT2D eigenvalue weighted by molar-refractivity contribution is 6.43. The first-order chi connectivity index (χ1) is 43.2. The maximum atomic E-state index is 16.2. The summed E-state index contributed by atoms with van der Waals surface area (Å²) in [6.07, 6.45) is 19.0. The van der Waals surface area contributed by atoms with Gasteiger partial charge in [0.25, 0.3) is 23.6 Å². The predicted octanol–water partition coefficient (Wildman–Crippen LogP) is 19.1. The van der Waals surface area contributed by atoms with Gasteiger partial charge in [-0.1, -0.05) is 251 Å². The normalized spacial score (nSPS) is 12.7. The molecule has 0 fully saturated rings. The molecule has 0 aromatic heterocycles. The molecule has 0 unspecified atom stereocenters. The van der Waals surface area contributed by atoms with E-state index < -0.39 is 0 Å². The van der Waals surface area contributed by atoms with Crippen LogP contribution in [0.1, 0.15) is 242 Å². The number of hydrogen-bond acceptors (Lipinski definition) is 4. The Labute approximate surface area is 520 Å². The summed E-state index contributed by atoms with van der Waals surface area (Å²) in [5.41, 5.74) is 6.51. The summed E-state index contributed by atoms with van der Waals surface area (Å²) < 4.78 is 0. The molecule has 440 valence electrons. The molecule has 0 N–H and O–H groups in total. The van der Waals surface area contributed by atoms with Gasteiger partial charge in [0.05, 0.1) is 22.3 Å². The smallest absolute Gasteiger partial charge is 0.262 e. The van der Waals surface area contributed by atoms with Crippen molar-refractivity contribution < 1.29 is 19.2 Å². The van der Waals surface area contributed by atoms with Gasteiger partial charge >= 0.3 is 0 Å². The molecule has 0 saturated heterocycles. The first kappa shape index (κ1) is 60.5. The lowest BCUT2D eigenvalue weighted by Gasteiger charge is -2.37. The van der Waals surface area contributed by atoms with Crippen molar-refractivity contribution in [1.29, 1.82) is 0 Å². The fourth-order valence-electron chi connectivity index (χ4n) is 13.4. The molecule has 0 aliphatic carbocycles. The third kappa shape index (κ3) is 12.6. The number of carbonyl (C=O) groups excluding carboxylic acids is 4. The Morgan fingerprint density at radius 2 is 0.511 bits per heavy atom. The van der Waals surface area contributed by atoms with Crippen LogP contribution in [0.15, 0.2) is 146 Å². The second-order valence-electron chi connectivity index (χ2n) is 24.0. The maximum Gasteiger partial charge on any atom is 0.262 e. The standard InChI is InChI=1S/C82H78N2O4/c1-5-9-13-29-41-65(42-30-14-10-6-2)83-79(85)71-61(49-45-57-33-21-17-22-34-57)53-67-69-55-63(51-47-59-37-25-19-26-38-59)73-78-74(82(88)84(81(73)87)66(43-31-15-11-7-3)44-32-16-12-8-4)64(52-48-60-39-27-20-28-40-60)56-70(76(69)78)68-54-62(50-46-58-35-23-18-24-36-58)72(80(83)86)77(71)75(67)68/h17-28,33-40,53-56,65-66H,5-16,29-32,41-44H2,1-4H3. The lowest BCUT2D eigenvalue weighted by Crippen LogP contribution is -2.48. The van der Waals surface area contributed by atoms with E-state index in [0.717, 1.165) is 147 Å². The van der Waals surface area contributed by atoms with Crippen LogP contribution in [0.3, 0.4) is 0 Å². The molecular weight excluding hydrogens is 1080 g/mol. The molecule has 88 heavy (non-hydrogen) atoms. The zero-order chi connectivity index (χ0) is 60.9. The number of nitrogens with zero attached hydrogens (tertiary/aromatic N) is 2. The minimum Gasteiger partial charge on any atom is -0.271 e. The summed E-state index contributed by atoms with van der Waals surface area (Å²) in [5.74, 6) is 26.4. The van der Waals surface area contributed by atoms with Crippen LogP contribution in [0.25, 0.3) is 43.1 Å². The molecule has 4 amide bonds. The number of unbranched alkanes of at least 4 members (excludes halogenated alkanes) is 12. The Kier molecular flexibility index (Phi) is 19.6. The zero-order valence-electron chi connectivity index (χ0n) is 51.7. The highest BCUT2D eigenvalue weighted by Crippen LogP contribution is 2.50. The first-order valence-corrected chi connectivity index (χ1v) is 32.6. The van der Waals surface area contributed by atoms with Gasteiger partial charge in [-0.25, -0.2) is 0 Å². The number of rotatable bonds is 22. The molecule has 9 aromatic rings. The molecule has 0 radical (unpaired) electrons. The number of amides is 4.